The molecule has 1 amide bonds. The van der Waals surface area contributed by atoms with E-state index in [-0.39, 0.29) is 11.9 Å². The van der Waals surface area contributed by atoms with Crippen molar-refractivity contribution in [3.63, 3.8) is 0 Å². The number of amides is 1. The number of rotatable bonds is 3. The number of aromatic nitrogens is 2. The van der Waals surface area contributed by atoms with E-state index in [9.17, 15) is 4.79 Å². The SMILES string of the molecule is COc1ccc(N(C)C(=O)C2Cc3nc[nH]c3CN2)cc1. The summed E-state index contributed by atoms with van der Waals surface area (Å²) < 4.78 is 5.13. The van der Waals surface area contributed by atoms with Gasteiger partial charge in [0.25, 0.3) is 0 Å². The lowest BCUT2D eigenvalue weighted by Gasteiger charge is -2.27. The van der Waals surface area contributed by atoms with Gasteiger partial charge in [-0.3, -0.25) is 10.1 Å². The van der Waals surface area contributed by atoms with Crippen molar-refractivity contribution >= 4 is 11.6 Å². The number of nitrogens with zero attached hydrogens (tertiary/aromatic N) is 2. The standard InChI is InChI=1S/C15H18N4O2/c1-19(10-3-5-11(21-2)6-4-10)15(20)13-7-12-14(8-16-13)18-9-17-12/h3-6,9,13,16H,7-8H2,1-2H3,(H,17,18). The average Bonchev–Trinajstić information content (AvgIpc) is 3.01. The molecule has 1 aromatic heterocycles. The Morgan fingerprint density at radius 3 is 2.86 bits per heavy atom. The van der Waals surface area contributed by atoms with Gasteiger partial charge in [0.15, 0.2) is 0 Å². The zero-order chi connectivity index (χ0) is 14.8. The Balaban J connectivity index is 1.72. The van der Waals surface area contributed by atoms with Gasteiger partial charge in [0, 0.05) is 25.7 Å². The minimum Gasteiger partial charge on any atom is -0.497 e. The first-order chi connectivity index (χ1) is 10.2. The van der Waals surface area contributed by atoms with Crippen molar-refractivity contribution in [1.29, 1.82) is 0 Å². The van der Waals surface area contributed by atoms with Crippen LogP contribution in [0, 0.1) is 0 Å². The molecule has 0 spiro atoms. The van der Waals surface area contributed by atoms with E-state index in [1.807, 2.05) is 24.3 Å². The van der Waals surface area contributed by atoms with E-state index < -0.39 is 0 Å². The third-order valence-electron chi connectivity index (χ3n) is 3.82. The van der Waals surface area contributed by atoms with E-state index in [0.717, 1.165) is 22.8 Å². The molecule has 2 N–H and O–H groups in total. The van der Waals surface area contributed by atoms with Crippen molar-refractivity contribution in [2.45, 2.75) is 19.0 Å². The van der Waals surface area contributed by atoms with Crippen LogP contribution in [-0.2, 0) is 17.8 Å². The van der Waals surface area contributed by atoms with Crippen molar-refractivity contribution in [1.82, 2.24) is 15.3 Å². The van der Waals surface area contributed by atoms with Crippen molar-refractivity contribution in [3.8, 4) is 5.75 Å². The Labute approximate surface area is 123 Å². The smallest absolute Gasteiger partial charge is 0.244 e. The summed E-state index contributed by atoms with van der Waals surface area (Å²) in [7, 11) is 3.41. The summed E-state index contributed by atoms with van der Waals surface area (Å²) in [6.07, 6.45) is 2.28. The summed E-state index contributed by atoms with van der Waals surface area (Å²) in [5, 5.41) is 3.25. The number of ether oxygens (including phenoxy) is 1. The molecule has 21 heavy (non-hydrogen) atoms. The second-order valence-electron chi connectivity index (χ2n) is 5.06. The maximum Gasteiger partial charge on any atom is 0.244 e. The number of hydrogen-bond donors (Lipinski definition) is 2. The lowest BCUT2D eigenvalue weighted by molar-refractivity contribution is -0.120. The van der Waals surface area contributed by atoms with Crippen LogP contribution in [0.2, 0.25) is 0 Å². The van der Waals surface area contributed by atoms with Crippen LogP contribution in [0.4, 0.5) is 5.69 Å². The molecule has 2 heterocycles. The van der Waals surface area contributed by atoms with E-state index in [1.54, 1.807) is 25.4 Å². The molecule has 0 aliphatic carbocycles. The largest absolute Gasteiger partial charge is 0.497 e. The van der Waals surface area contributed by atoms with Crippen LogP contribution in [0.25, 0.3) is 0 Å². The van der Waals surface area contributed by atoms with Gasteiger partial charge in [-0.1, -0.05) is 0 Å². The van der Waals surface area contributed by atoms with Gasteiger partial charge in [0.1, 0.15) is 5.75 Å². The molecule has 0 fully saturated rings. The Morgan fingerprint density at radius 1 is 1.38 bits per heavy atom. The van der Waals surface area contributed by atoms with Crippen LogP contribution in [0.5, 0.6) is 5.75 Å². The fraction of sp³-hybridized carbons (Fsp3) is 0.333. The highest BCUT2D eigenvalue weighted by Crippen LogP contribution is 2.20. The highest BCUT2D eigenvalue weighted by atomic mass is 16.5. The minimum atomic E-state index is -0.243. The second-order valence-corrected chi connectivity index (χ2v) is 5.06. The molecule has 1 aliphatic heterocycles. The number of nitrogens with one attached hydrogen (secondary N) is 2. The van der Waals surface area contributed by atoms with Crippen LogP contribution < -0.4 is 15.0 Å². The first-order valence-electron chi connectivity index (χ1n) is 6.85. The summed E-state index contributed by atoms with van der Waals surface area (Å²) in [6, 6.07) is 7.20. The molecule has 1 aliphatic rings. The number of fused-ring (bicyclic) bond motifs is 1. The van der Waals surface area contributed by atoms with Gasteiger partial charge in [-0.15, -0.1) is 0 Å². The number of anilines is 1. The topological polar surface area (TPSA) is 70.2 Å². The molecular formula is C15H18N4O2. The third-order valence-corrected chi connectivity index (χ3v) is 3.82. The van der Waals surface area contributed by atoms with Gasteiger partial charge >= 0.3 is 0 Å². The molecule has 1 aromatic carbocycles. The van der Waals surface area contributed by atoms with E-state index in [0.29, 0.717) is 13.0 Å². The number of carbonyl (C=O) groups excluding carboxylic acids is 1. The molecule has 0 saturated carbocycles. The molecule has 2 aromatic rings. The highest BCUT2D eigenvalue weighted by Gasteiger charge is 2.28. The number of H-pyrrole nitrogens is 1. The predicted molar refractivity (Wildman–Crippen MR) is 79.3 cm³/mol. The van der Waals surface area contributed by atoms with Crippen LogP contribution in [0.3, 0.4) is 0 Å². The van der Waals surface area contributed by atoms with Crippen molar-refractivity contribution in [2.24, 2.45) is 0 Å². The lowest BCUT2D eigenvalue weighted by Crippen LogP contribution is -2.48. The number of benzene rings is 1. The molecule has 1 unspecified atom stereocenters. The van der Waals surface area contributed by atoms with Crippen molar-refractivity contribution < 1.29 is 9.53 Å². The number of carbonyl (C=O) groups is 1. The minimum absolute atomic E-state index is 0.0359. The van der Waals surface area contributed by atoms with Crippen LogP contribution in [0.15, 0.2) is 30.6 Å². The first-order valence-corrected chi connectivity index (χ1v) is 6.85. The molecule has 0 radical (unpaired) electrons. The zero-order valence-corrected chi connectivity index (χ0v) is 12.1. The number of imidazole rings is 1. The van der Waals surface area contributed by atoms with E-state index in [2.05, 4.69) is 15.3 Å². The fourth-order valence-electron chi connectivity index (χ4n) is 2.51. The molecule has 6 heteroatoms. The maximum atomic E-state index is 12.6. The van der Waals surface area contributed by atoms with E-state index in [1.165, 1.54) is 0 Å². The van der Waals surface area contributed by atoms with E-state index in [4.69, 9.17) is 4.74 Å². The first kappa shape index (κ1) is 13.6. The third kappa shape index (κ3) is 2.62. The van der Waals surface area contributed by atoms with Crippen molar-refractivity contribution in [3.05, 3.63) is 42.0 Å². The average molecular weight is 286 g/mol. The Bertz CT molecular complexity index is 635. The van der Waals surface area contributed by atoms with Gasteiger partial charge < -0.3 is 14.6 Å². The number of likely N-dealkylation sites (N-methyl/N-ethyl adjacent to an activating group) is 1. The van der Waals surface area contributed by atoms with Gasteiger partial charge in [0.05, 0.1) is 30.9 Å². The Morgan fingerprint density at radius 2 is 2.14 bits per heavy atom. The summed E-state index contributed by atoms with van der Waals surface area (Å²) >= 11 is 0. The van der Waals surface area contributed by atoms with Crippen LogP contribution in [-0.4, -0.2) is 36.1 Å². The quantitative estimate of drug-likeness (QED) is 0.886. The highest BCUT2D eigenvalue weighted by molar-refractivity contribution is 5.97. The van der Waals surface area contributed by atoms with Gasteiger partial charge in [-0.2, -0.15) is 0 Å². The summed E-state index contributed by atoms with van der Waals surface area (Å²) in [6.45, 7) is 0.641. The maximum absolute atomic E-state index is 12.6. The zero-order valence-electron chi connectivity index (χ0n) is 12.1. The molecule has 0 saturated heterocycles. The molecule has 0 bridgehead atoms. The summed E-state index contributed by atoms with van der Waals surface area (Å²) in [5.74, 6) is 0.811. The molecule has 110 valence electrons. The van der Waals surface area contributed by atoms with Gasteiger partial charge in [0.2, 0.25) is 5.91 Å². The normalized spacial score (nSPS) is 17.1. The molecular weight excluding hydrogens is 268 g/mol. The van der Waals surface area contributed by atoms with Crippen LogP contribution in [0.1, 0.15) is 11.4 Å². The van der Waals surface area contributed by atoms with Gasteiger partial charge in [-0.25, -0.2) is 4.98 Å². The second kappa shape index (κ2) is 5.57. The van der Waals surface area contributed by atoms with Gasteiger partial charge in [-0.05, 0) is 24.3 Å². The fourth-order valence-corrected chi connectivity index (χ4v) is 2.51. The summed E-state index contributed by atoms with van der Waals surface area (Å²) in [4.78, 5) is 21.6. The predicted octanol–water partition coefficient (Wildman–Crippen LogP) is 1.10. The monoisotopic (exact) mass is 286 g/mol. The molecule has 6 nitrogen and oxygen atoms in total. The van der Waals surface area contributed by atoms with E-state index >= 15 is 0 Å². The lowest BCUT2D eigenvalue weighted by atomic mass is 10.0. The number of aromatic amines is 1. The molecule has 1 atom stereocenters. The Kier molecular flexibility index (Phi) is 3.62. The van der Waals surface area contributed by atoms with Crippen LogP contribution >= 0.6 is 0 Å². The molecule has 3 rings (SSSR count). The number of hydrogen-bond acceptors (Lipinski definition) is 4. The summed E-state index contributed by atoms with van der Waals surface area (Å²) in [5.41, 5.74) is 2.87. The van der Waals surface area contributed by atoms with Crippen molar-refractivity contribution in [2.75, 3.05) is 19.1 Å². The number of methoxy groups -OCH3 is 1. The Hall–Kier alpha value is -2.34.